The largest absolute Gasteiger partial charge is 0.497 e. The summed E-state index contributed by atoms with van der Waals surface area (Å²) in [7, 11) is 1.54. The Kier molecular flexibility index (Phi) is 6.93. The highest BCUT2D eigenvalue weighted by molar-refractivity contribution is 6.39. The number of nitrogens with one attached hydrogen (secondary N) is 2. The fraction of sp³-hybridized carbons (Fsp3) is 0.105. The maximum absolute atomic E-state index is 11.8. The lowest BCUT2D eigenvalue weighted by Crippen LogP contribution is -2.32. The molecule has 2 amide bonds. The third-order valence-electron chi connectivity index (χ3n) is 3.18. The van der Waals surface area contributed by atoms with Gasteiger partial charge in [0.2, 0.25) is 0 Å². The van der Waals surface area contributed by atoms with E-state index in [-0.39, 0.29) is 0 Å². The molecule has 7 heteroatoms. The molecule has 0 fully saturated rings. The van der Waals surface area contributed by atoms with Crippen LogP contribution in [0.2, 0.25) is 0 Å². The first-order chi connectivity index (χ1) is 12.6. The van der Waals surface area contributed by atoms with Crippen molar-refractivity contribution in [3.8, 4) is 11.5 Å². The normalized spacial score (nSPS) is 10.2. The van der Waals surface area contributed by atoms with Gasteiger partial charge in [0.15, 0.2) is 0 Å². The van der Waals surface area contributed by atoms with E-state index >= 15 is 0 Å². The minimum atomic E-state index is -0.872. The Morgan fingerprint density at radius 3 is 2.31 bits per heavy atom. The van der Waals surface area contributed by atoms with Crippen LogP contribution in [-0.4, -0.2) is 31.7 Å². The van der Waals surface area contributed by atoms with Gasteiger partial charge < -0.3 is 14.8 Å². The summed E-state index contributed by atoms with van der Waals surface area (Å²) in [6.07, 6.45) is 3.08. The summed E-state index contributed by atoms with van der Waals surface area (Å²) in [5, 5.41) is 6.22. The fourth-order valence-electron chi connectivity index (χ4n) is 1.88. The molecule has 0 aliphatic heterocycles. The van der Waals surface area contributed by atoms with Gasteiger partial charge in [0.1, 0.15) is 18.1 Å². The molecule has 0 aromatic heterocycles. The number of carbonyl (C=O) groups excluding carboxylic acids is 2. The second-order valence-corrected chi connectivity index (χ2v) is 5.05. The van der Waals surface area contributed by atoms with Crippen molar-refractivity contribution in [3.05, 3.63) is 66.7 Å². The molecule has 2 aromatic carbocycles. The van der Waals surface area contributed by atoms with Crippen LogP contribution in [0.4, 0.5) is 5.69 Å². The number of methoxy groups -OCH3 is 1. The van der Waals surface area contributed by atoms with Crippen LogP contribution in [-0.2, 0) is 9.59 Å². The molecule has 0 unspecified atom stereocenters. The van der Waals surface area contributed by atoms with Crippen LogP contribution in [0.25, 0.3) is 0 Å². The number of hydrogen-bond acceptors (Lipinski definition) is 5. The molecule has 0 saturated carbocycles. The molecule has 0 heterocycles. The lowest BCUT2D eigenvalue weighted by atomic mass is 10.2. The van der Waals surface area contributed by atoms with Crippen LogP contribution in [0, 0.1) is 0 Å². The van der Waals surface area contributed by atoms with Gasteiger partial charge in [-0.3, -0.25) is 9.59 Å². The van der Waals surface area contributed by atoms with Crippen molar-refractivity contribution in [2.45, 2.75) is 0 Å². The molecule has 134 valence electrons. The second kappa shape index (κ2) is 9.63. The molecule has 0 aliphatic rings. The number of rotatable bonds is 7. The number of anilines is 1. The standard InChI is InChI=1S/C19H19N3O4/c1-3-12-26-17-8-4-14(5-9-17)13-20-22-19(24)18(23)21-15-6-10-16(25-2)11-7-15/h3-11,13H,1,12H2,2H3,(H,21,23)(H,22,24)/b20-13+. The van der Waals surface area contributed by atoms with Gasteiger partial charge in [-0.15, -0.1) is 0 Å². The van der Waals surface area contributed by atoms with Gasteiger partial charge in [0.05, 0.1) is 13.3 Å². The highest BCUT2D eigenvalue weighted by Gasteiger charge is 2.12. The average molecular weight is 353 g/mol. The zero-order valence-corrected chi connectivity index (χ0v) is 14.3. The molecule has 0 aliphatic carbocycles. The van der Waals surface area contributed by atoms with Crippen LogP contribution in [0.1, 0.15) is 5.56 Å². The van der Waals surface area contributed by atoms with E-state index in [1.54, 1.807) is 61.7 Å². The molecule has 0 saturated heterocycles. The summed E-state index contributed by atoms with van der Waals surface area (Å²) < 4.78 is 10.4. The Bertz CT molecular complexity index is 783. The molecular weight excluding hydrogens is 334 g/mol. The van der Waals surface area contributed by atoms with E-state index in [1.807, 2.05) is 0 Å². The number of nitrogens with zero attached hydrogens (tertiary/aromatic N) is 1. The maximum Gasteiger partial charge on any atom is 0.329 e. The van der Waals surface area contributed by atoms with Gasteiger partial charge in [-0.25, -0.2) is 5.43 Å². The Morgan fingerprint density at radius 2 is 1.69 bits per heavy atom. The van der Waals surface area contributed by atoms with Crippen LogP contribution in [0.3, 0.4) is 0 Å². The van der Waals surface area contributed by atoms with Gasteiger partial charge in [-0.1, -0.05) is 12.7 Å². The second-order valence-electron chi connectivity index (χ2n) is 5.05. The monoisotopic (exact) mass is 353 g/mol. The molecule has 26 heavy (non-hydrogen) atoms. The van der Waals surface area contributed by atoms with E-state index in [1.165, 1.54) is 6.21 Å². The molecule has 0 bridgehead atoms. The van der Waals surface area contributed by atoms with Crippen molar-refractivity contribution in [2.24, 2.45) is 5.10 Å². The summed E-state index contributed by atoms with van der Waals surface area (Å²) in [4.78, 5) is 23.5. The van der Waals surface area contributed by atoms with Crippen molar-refractivity contribution in [2.75, 3.05) is 19.0 Å². The van der Waals surface area contributed by atoms with E-state index < -0.39 is 11.8 Å². The van der Waals surface area contributed by atoms with Crippen LogP contribution in [0.15, 0.2) is 66.3 Å². The molecule has 2 N–H and O–H groups in total. The van der Waals surface area contributed by atoms with E-state index in [0.29, 0.717) is 23.8 Å². The summed E-state index contributed by atoms with van der Waals surface area (Å²) >= 11 is 0. The minimum Gasteiger partial charge on any atom is -0.497 e. The summed E-state index contributed by atoms with van der Waals surface area (Å²) in [5.41, 5.74) is 3.39. The number of ether oxygens (including phenoxy) is 2. The predicted octanol–water partition coefficient (Wildman–Crippen LogP) is 2.35. The maximum atomic E-state index is 11.8. The molecule has 0 spiro atoms. The molecule has 2 rings (SSSR count). The Hall–Kier alpha value is -3.61. The quantitative estimate of drug-likeness (QED) is 0.346. The van der Waals surface area contributed by atoms with Crippen LogP contribution >= 0.6 is 0 Å². The van der Waals surface area contributed by atoms with Crippen molar-refractivity contribution in [1.82, 2.24) is 5.43 Å². The molecule has 7 nitrogen and oxygen atoms in total. The molecule has 0 atom stereocenters. The van der Waals surface area contributed by atoms with Crippen molar-refractivity contribution >= 4 is 23.7 Å². The van der Waals surface area contributed by atoms with Gasteiger partial charge in [0, 0.05) is 5.69 Å². The van der Waals surface area contributed by atoms with Crippen LogP contribution < -0.4 is 20.2 Å². The first kappa shape index (κ1) is 18.7. The Balaban J connectivity index is 1.83. The highest BCUT2D eigenvalue weighted by Crippen LogP contribution is 2.14. The highest BCUT2D eigenvalue weighted by atomic mass is 16.5. The molecular formula is C19H19N3O4. The first-order valence-electron chi connectivity index (χ1n) is 7.74. The number of hydrazone groups is 1. The van der Waals surface area contributed by atoms with Crippen molar-refractivity contribution in [1.29, 1.82) is 0 Å². The summed E-state index contributed by atoms with van der Waals surface area (Å²) in [6.45, 7) is 4.00. The van der Waals surface area contributed by atoms with Crippen molar-refractivity contribution in [3.63, 3.8) is 0 Å². The number of hydrogen-bond donors (Lipinski definition) is 2. The minimum absolute atomic E-state index is 0.423. The van der Waals surface area contributed by atoms with Gasteiger partial charge in [-0.05, 0) is 54.1 Å². The molecule has 0 radical (unpaired) electrons. The fourth-order valence-corrected chi connectivity index (χ4v) is 1.88. The van der Waals surface area contributed by atoms with E-state index in [9.17, 15) is 9.59 Å². The Labute approximate surface area is 151 Å². The first-order valence-corrected chi connectivity index (χ1v) is 7.74. The lowest BCUT2D eigenvalue weighted by Gasteiger charge is -2.05. The average Bonchev–Trinajstić information content (AvgIpc) is 2.67. The van der Waals surface area contributed by atoms with Gasteiger partial charge in [0.25, 0.3) is 0 Å². The van der Waals surface area contributed by atoms with Crippen LogP contribution in [0.5, 0.6) is 11.5 Å². The number of benzene rings is 2. The Morgan fingerprint density at radius 1 is 1.04 bits per heavy atom. The van der Waals surface area contributed by atoms with E-state index in [4.69, 9.17) is 9.47 Å². The van der Waals surface area contributed by atoms with E-state index in [2.05, 4.69) is 22.4 Å². The topological polar surface area (TPSA) is 89.0 Å². The molecule has 2 aromatic rings. The zero-order valence-electron chi connectivity index (χ0n) is 14.3. The summed E-state index contributed by atoms with van der Waals surface area (Å²) in [5.74, 6) is -0.341. The van der Waals surface area contributed by atoms with Gasteiger partial charge >= 0.3 is 11.8 Å². The predicted molar refractivity (Wildman–Crippen MR) is 99.5 cm³/mol. The summed E-state index contributed by atoms with van der Waals surface area (Å²) in [6, 6.07) is 13.7. The number of amides is 2. The third-order valence-corrected chi connectivity index (χ3v) is 3.18. The third kappa shape index (κ3) is 5.79. The number of carbonyl (C=O) groups is 2. The lowest BCUT2D eigenvalue weighted by molar-refractivity contribution is -0.136. The zero-order chi connectivity index (χ0) is 18.8. The van der Waals surface area contributed by atoms with Gasteiger partial charge in [-0.2, -0.15) is 5.10 Å². The van der Waals surface area contributed by atoms with Crippen molar-refractivity contribution < 1.29 is 19.1 Å². The SMILES string of the molecule is C=CCOc1ccc(/C=N/NC(=O)C(=O)Nc2ccc(OC)cc2)cc1. The smallest absolute Gasteiger partial charge is 0.329 e. The van der Waals surface area contributed by atoms with E-state index in [0.717, 1.165) is 5.56 Å².